The highest BCUT2D eigenvalue weighted by molar-refractivity contribution is 5.99. The van der Waals surface area contributed by atoms with E-state index in [0.717, 1.165) is 40.8 Å². The Bertz CT molecular complexity index is 2590. The number of nitrogens with zero attached hydrogens (tertiary/aromatic N) is 8. The highest BCUT2D eigenvalue weighted by Gasteiger charge is 2.46. The molecule has 2 aliphatic heterocycles. The van der Waals surface area contributed by atoms with Crippen LogP contribution in [0.5, 0.6) is 0 Å². The number of hydrogen-bond acceptors (Lipinski definition) is 15. The van der Waals surface area contributed by atoms with Gasteiger partial charge in [0.05, 0.1) is 25.4 Å². The van der Waals surface area contributed by atoms with Crippen molar-refractivity contribution >= 4 is 65.0 Å². The van der Waals surface area contributed by atoms with Gasteiger partial charge in [-0.1, -0.05) is 101 Å². The van der Waals surface area contributed by atoms with Crippen molar-refractivity contribution in [1.82, 2.24) is 60.5 Å². The van der Waals surface area contributed by atoms with E-state index in [1.165, 1.54) is 81.8 Å². The summed E-state index contributed by atoms with van der Waals surface area (Å²) in [5, 5.41) is 23.2. The van der Waals surface area contributed by atoms with Crippen molar-refractivity contribution in [3.05, 3.63) is 24.8 Å². The molecule has 2 heterocycles. The van der Waals surface area contributed by atoms with Gasteiger partial charge in [0, 0.05) is 74.4 Å². The molecule has 2 rings (SSSR count). The van der Waals surface area contributed by atoms with Gasteiger partial charge in [0.25, 0.3) is 0 Å². The quantitative estimate of drug-likeness (QED) is 0.0816. The Hall–Kier alpha value is -6.51. The predicted octanol–water partition coefficient (Wildman–Crippen LogP) is 2.91. The Morgan fingerprint density at radius 3 is 1.56 bits per heavy atom. The molecule has 2 saturated heterocycles. The first kappa shape index (κ1) is 84.6. The zero-order chi connectivity index (χ0) is 72.6. The Kier molecular flexibility index (Phi) is 35.8. The van der Waals surface area contributed by atoms with Gasteiger partial charge in [-0.15, -0.1) is 6.58 Å². The first-order chi connectivity index (χ1) is 44.3. The second-order valence-electron chi connectivity index (χ2n) is 28.0. The molecule has 5 N–H and O–H groups in total. The van der Waals surface area contributed by atoms with Crippen LogP contribution in [0, 0.1) is 35.5 Å². The van der Waals surface area contributed by atoms with Crippen LogP contribution >= 0.6 is 0 Å². The van der Waals surface area contributed by atoms with Crippen LogP contribution in [-0.4, -0.2) is 277 Å². The summed E-state index contributed by atoms with van der Waals surface area (Å²) < 4.78 is 11.8. The molecule has 0 aliphatic carbocycles. The molecule has 542 valence electrons. The fraction of sp³-hybridized carbons (Fsp3) is 0.783. The van der Waals surface area contributed by atoms with Crippen LogP contribution in [0.3, 0.4) is 0 Å². The molecular weight excluding hydrogens is 1220 g/mol. The lowest BCUT2D eigenvalue weighted by atomic mass is 9.93. The lowest BCUT2D eigenvalue weighted by molar-refractivity contribution is -0.157. The Labute approximate surface area is 567 Å². The summed E-state index contributed by atoms with van der Waals surface area (Å²) in [5.41, 5.74) is 0. The molecule has 11 amide bonds. The number of nitrogens with one attached hydrogen (secondary N) is 4. The third-order valence-electron chi connectivity index (χ3n) is 18.0. The van der Waals surface area contributed by atoms with E-state index in [1.54, 1.807) is 67.5 Å². The number of carbonyl (C=O) groups is 11. The van der Waals surface area contributed by atoms with Gasteiger partial charge in [0.2, 0.25) is 65.0 Å². The Balaban J connectivity index is 3.02. The zero-order valence-corrected chi connectivity index (χ0v) is 61.6. The molecule has 0 radical (unpaired) electrons. The first-order valence-electron chi connectivity index (χ1n) is 34.3. The van der Waals surface area contributed by atoms with Gasteiger partial charge < -0.3 is 70.1 Å². The molecule has 0 aromatic heterocycles. The fourth-order valence-corrected chi connectivity index (χ4v) is 12.2. The molecule has 2 aliphatic rings. The van der Waals surface area contributed by atoms with E-state index in [9.17, 15) is 33.9 Å². The summed E-state index contributed by atoms with van der Waals surface area (Å²) in [6.07, 6.45) is 3.90. The number of carbonyl (C=O) groups excluding carboxylic acids is 11. The maximum Gasteiger partial charge on any atom is 0.246 e. The Morgan fingerprint density at radius 1 is 0.558 bits per heavy atom. The topological polar surface area (TPSA) is 300 Å². The number of hydrogen-bond donors (Lipinski definition) is 5. The van der Waals surface area contributed by atoms with E-state index >= 15 is 24.0 Å². The monoisotopic (exact) mass is 1340 g/mol. The molecule has 0 aromatic rings. The highest BCUT2D eigenvalue weighted by Crippen LogP contribution is 2.25. The molecule has 0 spiro atoms. The average Bonchev–Trinajstić information content (AvgIpc) is 0.813. The lowest BCUT2D eigenvalue weighted by Crippen LogP contribution is -2.63. The minimum atomic E-state index is -1.67. The summed E-state index contributed by atoms with van der Waals surface area (Å²) in [6.45, 7) is 34.4. The number of morpholine rings is 1. The summed E-state index contributed by atoms with van der Waals surface area (Å²) in [5.74, 6) is -10.3. The van der Waals surface area contributed by atoms with Crippen LogP contribution in [0.25, 0.3) is 0 Å². The number of aliphatic hydroxyl groups is 1. The maximum atomic E-state index is 15.3. The number of allylic oxidation sites excluding steroid dienone is 1. The zero-order valence-electron chi connectivity index (χ0n) is 61.6. The Morgan fingerprint density at radius 2 is 1.05 bits per heavy atom. The van der Waals surface area contributed by atoms with Crippen molar-refractivity contribution in [3.8, 4) is 0 Å². The lowest BCUT2D eigenvalue weighted by Gasteiger charge is -2.41. The van der Waals surface area contributed by atoms with Crippen LogP contribution in [0.2, 0.25) is 0 Å². The van der Waals surface area contributed by atoms with Crippen molar-refractivity contribution in [1.29, 1.82) is 0 Å². The largest absolute Gasteiger partial charge is 0.390 e. The van der Waals surface area contributed by atoms with Crippen LogP contribution in [0.4, 0.5) is 0 Å². The second-order valence-corrected chi connectivity index (χ2v) is 28.0. The van der Waals surface area contributed by atoms with Gasteiger partial charge in [-0.25, -0.2) is 0 Å². The molecule has 13 atom stereocenters. The van der Waals surface area contributed by atoms with Crippen molar-refractivity contribution in [2.45, 2.75) is 222 Å². The number of aliphatic hydroxyl groups excluding tert-OH is 1. The molecular formula is C69H122N12O14. The molecule has 95 heavy (non-hydrogen) atoms. The second kappa shape index (κ2) is 40.3. The smallest absolute Gasteiger partial charge is 0.246 e. The van der Waals surface area contributed by atoms with Crippen molar-refractivity contribution in [2.75, 3.05) is 94.8 Å². The molecule has 1 unspecified atom stereocenters. The van der Waals surface area contributed by atoms with E-state index < -0.39 is 162 Å². The molecule has 2 fully saturated rings. The SMILES string of the molecule is C=CCN1CC(=O)N(C)C([C@@H](C)OCCCCN2CCOCC2)C(=O)N[C@@H](C(C)C)C(=O)N(C)[C@@H](CC(C)C)C(=O)N[C@@H](C)C(=O)N[C@H](C)C(=O)N(C)[C@@H](CC(C)C)C(=O)N(C)[C@@H](CC(C)C)C(=O)N(C)[C@@H](C(C)C)C(=O)N(C)[C@@H]([C@H](O)[C@H](C)/C=C/C)C(=O)N[C@@H](CC)C1=O. The van der Waals surface area contributed by atoms with E-state index in [0.29, 0.717) is 19.6 Å². The van der Waals surface area contributed by atoms with E-state index in [-0.39, 0.29) is 56.6 Å². The average molecular weight is 1340 g/mol. The van der Waals surface area contributed by atoms with Gasteiger partial charge >= 0.3 is 0 Å². The van der Waals surface area contributed by atoms with E-state index in [2.05, 4.69) is 32.7 Å². The third-order valence-corrected chi connectivity index (χ3v) is 18.0. The molecule has 0 bridgehead atoms. The first-order valence-corrected chi connectivity index (χ1v) is 34.3. The molecule has 26 heteroatoms. The van der Waals surface area contributed by atoms with Gasteiger partial charge in [-0.2, -0.15) is 0 Å². The molecule has 0 saturated carbocycles. The molecule has 0 aromatic carbocycles. The number of likely N-dealkylation sites (N-methyl/N-ethyl adjacent to an activating group) is 6. The molecule has 26 nitrogen and oxygen atoms in total. The van der Waals surface area contributed by atoms with Crippen LogP contribution < -0.4 is 21.3 Å². The van der Waals surface area contributed by atoms with Crippen molar-refractivity contribution in [2.24, 2.45) is 35.5 Å². The van der Waals surface area contributed by atoms with E-state index in [4.69, 9.17) is 9.47 Å². The van der Waals surface area contributed by atoms with Gasteiger partial charge in [-0.3, -0.25) is 57.6 Å². The number of ether oxygens (including phenoxy) is 2. The van der Waals surface area contributed by atoms with Crippen LogP contribution in [-0.2, 0) is 62.2 Å². The fourth-order valence-electron chi connectivity index (χ4n) is 12.2. The van der Waals surface area contributed by atoms with Gasteiger partial charge in [-0.05, 0) is 102 Å². The summed E-state index contributed by atoms with van der Waals surface area (Å²) >= 11 is 0. The summed E-state index contributed by atoms with van der Waals surface area (Å²) in [6, 6.07) is -13.0. The highest BCUT2D eigenvalue weighted by atomic mass is 16.5. The summed E-state index contributed by atoms with van der Waals surface area (Å²) in [4.78, 5) is 174. The predicted molar refractivity (Wildman–Crippen MR) is 365 cm³/mol. The number of unbranched alkanes of at least 4 members (excludes halogenated alkanes) is 1. The van der Waals surface area contributed by atoms with Gasteiger partial charge in [0.1, 0.15) is 67.0 Å². The van der Waals surface area contributed by atoms with Gasteiger partial charge in [0.15, 0.2) is 0 Å². The van der Waals surface area contributed by atoms with Crippen molar-refractivity contribution in [3.63, 3.8) is 0 Å². The number of rotatable bonds is 21. The van der Waals surface area contributed by atoms with E-state index in [1.807, 2.05) is 41.5 Å². The third kappa shape index (κ3) is 24.5. The van der Waals surface area contributed by atoms with Crippen LogP contribution in [0.1, 0.15) is 149 Å². The normalized spacial score (nSPS) is 26.7. The maximum absolute atomic E-state index is 15.3. The number of amides is 11. The summed E-state index contributed by atoms with van der Waals surface area (Å²) in [7, 11) is 8.47. The van der Waals surface area contributed by atoms with Crippen LogP contribution in [0.15, 0.2) is 24.8 Å². The van der Waals surface area contributed by atoms with Crippen molar-refractivity contribution < 1.29 is 67.3 Å². The minimum Gasteiger partial charge on any atom is -0.390 e. The minimum absolute atomic E-state index is 0.0301. The standard InChI is InChI=1S/C69H122N12O14/c1-24-29-46(14)59(83)58-63(87)72-50(26-3)65(89)81(30-25-2)40-54(82)77(21)57(49(17)95-34-28-27-31-80-32-35-94-36-33-80)62(86)73-55(44(10)11)68(92)74(18)51(37-41(4)5)61(85)70-47(15)60(84)71-48(16)64(88)75(19)52(38-42(6)7)66(90)76(20)53(39-43(8)9)67(91)78(22)56(45(12)13)69(93)79(58)23/h24-25,29,41-53,55-59,83H,2,26-28,30-40H2,1,3-23H3,(H,70,85)(H,71,84)(H,72,87)(H,73,86)/b29-24+/t46-,47+,48-,49-,50+,51+,52+,53+,55+,56+,57?,58+,59-/m1/s1.